The monoisotopic (exact) mass is 337 g/mol. The fourth-order valence-electron chi connectivity index (χ4n) is 2.09. The summed E-state index contributed by atoms with van der Waals surface area (Å²) in [5, 5.41) is 2.67. The van der Waals surface area contributed by atoms with Gasteiger partial charge in [-0.15, -0.1) is 0 Å². The molecule has 3 N–H and O–H groups in total. The lowest BCUT2D eigenvalue weighted by Gasteiger charge is -2.16. The van der Waals surface area contributed by atoms with Gasteiger partial charge in [0.2, 0.25) is 0 Å². The van der Waals surface area contributed by atoms with Crippen LogP contribution in [0.25, 0.3) is 10.9 Å². The van der Waals surface area contributed by atoms with Gasteiger partial charge < -0.3 is 11.1 Å². The van der Waals surface area contributed by atoms with Crippen molar-refractivity contribution in [3.05, 3.63) is 35.5 Å². The molecule has 0 amide bonds. The second-order valence-corrected chi connectivity index (χ2v) is 4.82. The molecule has 23 heavy (non-hydrogen) atoms. The van der Waals surface area contributed by atoms with Gasteiger partial charge in [0.15, 0.2) is 0 Å². The molecule has 126 valence electrons. The summed E-state index contributed by atoms with van der Waals surface area (Å²) >= 11 is 0. The number of para-hydroxylation sites is 1. The van der Waals surface area contributed by atoms with Crippen molar-refractivity contribution in [1.29, 1.82) is 0 Å². The maximum absolute atomic E-state index is 13.0. The number of hydrogen-bond acceptors (Lipinski definition) is 3. The van der Waals surface area contributed by atoms with Gasteiger partial charge in [0.25, 0.3) is 0 Å². The molecule has 0 aliphatic heterocycles. The molecular formula is C14H13F6N3. The molecule has 0 unspecified atom stereocenters. The quantitative estimate of drug-likeness (QED) is 0.654. The van der Waals surface area contributed by atoms with Crippen molar-refractivity contribution in [3.63, 3.8) is 0 Å². The second kappa shape index (κ2) is 6.23. The molecular weight excluding hydrogens is 324 g/mol. The number of alkyl halides is 6. The average molecular weight is 337 g/mol. The van der Waals surface area contributed by atoms with Crippen molar-refractivity contribution < 1.29 is 26.3 Å². The Morgan fingerprint density at radius 3 is 2.30 bits per heavy atom. The molecule has 2 rings (SSSR count). The third-order valence-electron chi connectivity index (χ3n) is 3.13. The van der Waals surface area contributed by atoms with Crippen molar-refractivity contribution in [2.75, 3.05) is 18.4 Å². The number of aromatic nitrogens is 1. The van der Waals surface area contributed by atoms with Crippen molar-refractivity contribution in [2.45, 2.75) is 18.8 Å². The molecule has 3 nitrogen and oxygen atoms in total. The Morgan fingerprint density at radius 1 is 1.04 bits per heavy atom. The summed E-state index contributed by atoms with van der Waals surface area (Å²) in [6, 6.07) is 3.84. The predicted octanol–water partition coefficient (Wildman–Crippen LogP) is 4.03. The number of fused-ring (bicyclic) bond motifs is 1. The van der Waals surface area contributed by atoms with Crippen molar-refractivity contribution >= 4 is 16.6 Å². The molecule has 1 aromatic heterocycles. The van der Waals surface area contributed by atoms with E-state index in [4.69, 9.17) is 5.73 Å². The molecule has 0 saturated carbocycles. The normalized spacial score (nSPS) is 12.7. The van der Waals surface area contributed by atoms with Gasteiger partial charge in [-0.1, -0.05) is 12.1 Å². The molecule has 1 heterocycles. The summed E-state index contributed by atoms with van der Waals surface area (Å²) in [6.07, 6.45) is -9.19. The van der Waals surface area contributed by atoms with Crippen molar-refractivity contribution in [3.8, 4) is 0 Å². The fraction of sp³-hybridized carbons (Fsp3) is 0.357. The minimum atomic E-state index is -4.85. The van der Waals surface area contributed by atoms with E-state index < -0.39 is 29.1 Å². The van der Waals surface area contributed by atoms with E-state index in [-0.39, 0.29) is 17.6 Å². The summed E-state index contributed by atoms with van der Waals surface area (Å²) in [5.74, 6) is 0. The van der Waals surface area contributed by atoms with Gasteiger partial charge in [-0.3, -0.25) is 0 Å². The Kier molecular flexibility index (Phi) is 4.69. The van der Waals surface area contributed by atoms with Crippen LogP contribution in [0.15, 0.2) is 24.3 Å². The van der Waals surface area contributed by atoms with Crippen molar-refractivity contribution in [2.24, 2.45) is 5.73 Å². The van der Waals surface area contributed by atoms with Crippen LogP contribution in [0.5, 0.6) is 0 Å². The Morgan fingerprint density at radius 2 is 1.74 bits per heavy atom. The maximum Gasteiger partial charge on any atom is 0.433 e. The predicted molar refractivity (Wildman–Crippen MR) is 73.9 cm³/mol. The Hall–Kier alpha value is -2.03. The summed E-state index contributed by atoms with van der Waals surface area (Å²) in [4.78, 5) is 3.19. The first-order chi connectivity index (χ1) is 10.6. The van der Waals surface area contributed by atoms with Crippen LogP contribution in [0.3, 0.4) is 0 Å². The molecule has 0 aliphatic rings. The molecule has 2 aromatic rings. The zero-order valence-corrected chi connectivity index (χ0v) is 11.7. The second-order valence-electron chi connectivity index (χ2n) is 4.82. The first kappa shape index (κ1) is 17.3. The average Bonchev–Trinajstić information content (AvgIpc) is 2.44. The van der Waals surface area contributed by atoms with E-state index in [0.717, 1.165) is 6.07 Å². The van der Waals surface area contributed by atoms with Crippen LogP contribution in [-0.2, 0) is 12.4 Å². The topological polar surface area (TPSA) is 50.9 Å². The van der Waals surface area contributed by atoms with Gasteiger partial charge >= 0.3 is 12.4 Å². The summed E-state index contributed by atoms with van der Waals surface area (Å²) in [5.41, 5.74) is 1.94. The molecule has 9 heteroatoms. The molecule has 0 saturated heterocycles. The Balaban J connectivity index is 2.68. The summed E-state index contributed by atoms with van der Waals surface area (Å²) < 4.78 is 77.8. The summed E-state index contributed by atoms with van der Waals surface area (Å²) in [6.45, 7) is 0.541. The van der Waals surface area contributed by atoms with Gasteiger partial charge in [0, 0.05) is 17.6 Å². The van der Waals surface area contributed by atoms with E-state index in [1.165, 1.54) is 6.07 Å². The molecule has 0 bridgehead atoms. The zero-order chi connectivity index (χ0) is 17.3. The van der Waals surface area contributed by atoms with E-state index in [0.29, 0.717) is 25.1 Å². The number of benzene rings is 1. The van der Waals surface area contributed by atoms with Crippen LogP contribution < -0.4 is 11.1 Å². The number of halogens is 6. The number of pyridine rings is 1. The highest BCUT2D eigenvalue weighted by molar-refractivity contribution is 5.93. The fourth-order valence-corrected chi connectivity index (χ4v) is 2.09. The SMILES string of the molecule is NCCCNc1cc(C(F)(F)F)nc2c(C(F)(F)F)cccc12. The van der Waals surface area contributed by atoms with Crippen LogP contribution in [0.4, 0.5) is 32.0 Å². The number of hydrogen-bond donors (Lipinski definition) is 2. The van der Waals surface area contributed by atoms with Gasteiger partial charge in [0.1, 0.15) is 5.69 Å². The Labute approximate surface area is 127 Å². The lowest BCUT2D eigenvalue weighted by Crippen LogP contribution is -2.14. The first-order valence-electron chi connectivity index (χ1n) is 6.66. The van der Waals surface area contributed by atoms with Crippen LogP contribution in [0, 0.1) is 0 Å². The lowest BCUT2D eigenvalue weighted by atomic mass is 10.1. The van der Waals surface area contributed by atoms with E-state index in [1.807, 2.05) is 0 Å². The van der Waals surface area contributed by atoms with E-state index >= 15 is 0 Å². The number of nitrogens with zero attached hydrogens (tertiary/aromatic N) is 1. The van der Waals surface area contributed by atoms with Crippen LogP contribution in [-0.4, -0.2) is 18.1 Å². The molecule has 1 aromatic carbocycles. The Bertz CT molecular complexity index is 693. The third kappa shape index (κ3) is 3.84. The standard InChI is InChI=1S/C14H13F6N3/c15-13(16,17)9-4-1-3-8-10(22-6-2-5-21)7-11(14(18,19)20)23-12(8)9/h1,3-4,7H,2,5-6,21H2,(H,22,23). The van der Waals surface area contributed by atoms with Gasteiger partial charge in [-0.2, -0.15) is 26.3 Å². The third-order valence-corrected chi connectivity index (χ3v) is 3.13. The number of nitrogens with one attached hydrogen (secondary N) is 1. The highest BCUT2D eigenvalue weighted by Crippen LogP contribution is 2.38. The molecule has 0 fully saturated rings. The minimum Gasteiger partial charge on any atom is -0.384 e. The minimum absolute atomic E-state index is 0.0233. The highest BCUT2D eigenvalue weighted by atomic mass is 19.4. The molecule has 0 atom stereocenters. The van der Waals surface area contributed by atoms with Crippen LogP contribution >= 0.6 is 0 Å². The van der Waals surface area contributed by atoms with Gasteiger partial charge in [0.05, 0.1) is 11.1 Å². The zero-order valence-electron chi connectivity index (χ0n) is 11.7. The first-order valence-corrected chi connectivity index (χ1v) is 6.66. The van der Waals surface area contributed by atoms with Gasteiger partial charge in [-0.25, -0.2) is 4.98 Å². The largest absolute Gasteiger partial charge is 0.433 e. The lowest BCUT2D eigenvalue weighted by molar-refractivity contribution is -0.142. The number of rotatable bonds is 4. The van der Waals surface area contributed by atoms with E-state index in [2.05, 4.69) is 10.3 Å². The van der Waals surface area contributed by atoms with E-state index in [1.54, 1.807) is 0 Å². The molecule has 0 radical (unpaired) electrons. The molecule has 0 spiro atoms. The van der Waals surface area contributed by atoms with Crippen LogP contribution in [0.2, 0.25) is 0 Å². The van der Waals surface area contributed by atoms with Gasteiger partial charge in [-0.05, 0) is 25.1 Å². The smallest absolute Gasteiger partial charge is 0.384 e. The van der Waals surface area contributed by atoms with Crippen LogP contribution in [0.1, 0.15) is 17.7 Å². The molecule has 0 aliphatic carbocycles. The van der Waals surface area contributed by atoms with Crippen molar-refractivity contribution in [1.82, 2.24) is 4.98 Å². The number of nitrogens with two attached hydrogens (primary N) is 1. The van der Waals surface area contributed by atoms with E-state index in [9.17, 15) is 26.3 Å². The maximum atomic E-state index is 13.0. The summed E-state index contributed by atoms with van der Waals surface area (Å²) in [7, 11) is 0. The number of anilines is 1. The highest BCUT2D eigenvalue weighted by Gasteiger charge is 2.37.